The summed E-state index contributed by atoms with van der Waals surface area (Å²) in [6.07, 6.45) is 5.56. The molecule has 3 aromatic carbocycles. The van der Waals surface area contributed by atoms with E-state index >= 15 is 0 Å². The van der Waals surface area contributed by atoms with E-state index in [0.29, 0.717) is 33.7 Å². The van der Waals surface area contributed by atoms with Crippen LogP contribution < -0.4 is 14.4 Å². The highest BCUT2D eigenvalue weighted by Gasteiger charge is 2.71. The molecule has 1 unspecified atom stereocenters. The molecular weight excluding hydrogens is 504 g/mol. The number of methoxy groups -OCH3 is 2. The average Bonchev–Trinajstić information content (AvgIpc) is 3.42. The Labute approximate surface area is 231 Å². The first kappa shape index (κ1) is 24.3. The Morgan fingerprint density at radius 1 is 0.900 bits per heavy atom. The number of hydrogen-bond donors (Lipinski definition) is 0. The number of ether oxygens (including phenoxy) is 2. The van der Waals surface area contributed by atoms with Gasteiger partial charge in [0.25, 0.3) is 0 Å². The second kappa shape index (κ2) is 8.61. The Balaban J connectivity index is 1.60. The van der Waals surface area contributed by atoms with Crippen molar-refractivity contribution in [1.82, 2.24) is 4.98 Å². The first-order chi connectivity index (χ1) is 19.4. The number of anilines is 1. The normalized spacial score (nSPS) is 21.9. The largest absolute Gasteiger partial charge is 0.493 e. The molecule has 7 nitrogen and oxygen atoms in total. The number of carbonyl (C=O) groups is 3. The highest BCUT2D eigenvalue weighted by Crippen LogP contribution is 2.62. The third-order valence-electron chi connectivity index (χ3n) is 8.72. The number of Topliss-reactive ketones (excluding diaryl/α,β-unsaturated/α-hetero) is 3. The predicted molar refractivity (Wildman–Crippen MR) is 151 cm³/mol. The quantitative estimate of drug-likeness (QED) is 0.332. The summed E-state index contributed by atoms with van der Waals surface area (Å²) < 4.78 is 11.5. The molecule has 198 valence electrons. The van der Waals surface area contributed by atoms with E-state index in [2.05, 4.69) is 0 Å². The molecule has 1 saturated heterocycles. The highest BCUT2D eigenvalue weighted by atomic mass is 16.5. The van der Waals surface area contributed by atoms with Gasteiger partial charge in [0.15, 0.2) is 28.8 Å². The second-order valence-electron chi connectivity index (χ2n) is 10.5. The Hall–Kier alpha value is -4.78. The summed E-state index contributed by atoms with van der Waals surface area (Å²) >= 11 is 0. The maximum Gasteiger partial charge on any atom is 0.180 e. The van der Waals surface area contributed by atoms with Crippen LogP contribution in [0.15, 0.2) is 79.0 Å². The Kier molecular flexibility index (Phi) is 5.23. The van der Waals surface area contributed by atoms with E-state index in [-0.39, 0.29) is 17.3 Å². The van der Waals surface area contributed by atoms with Crippen molar-refractivity contribution >= 4 is 40.0 Å². The summed E-state index contributed by atoms with van der Waals surface area (Å²) in [4.78, 5) is 49.9. The van der Waals surface area contributed by atoms with Gasteiger partial charge in [-0.2, -0.15) is 0 Å². The van der Waals surface area contributed by atoms with Gasteiger partial charge in [-0.3, -0.25) is 19.4 Å². The zero-order valence-electron chi connectivity index (χ0n) is 22.3. The molecule has 0 N–H and O–H groups in total. The third-order valence-corrected chi connectivity index (χ3v) is 8.72. The van der Waals surface area contributed by atoms with Crippen LogP contribution in [0.3, 0.4) is 0 Å². The Morgan fingerprint density at radius 3 is 2.33 bits per heavy atom. The van der Waals surface area contributed by atoms with Gasteiger partial charge in [0, 0.05) is 34.2 Å². The molecule has 1 spiro atoms. The van der Waals surface area contributed by atoms with Crippen molar-refractivity contribution in [2.45, 2.75) is 24.9 Å². The molecular formula is C33H26N2O5. The van der Waals surface area contributed by atoms with Crippen molar-refractivity contribution < 1.29 is 23.9 Å². The number of pyridine rings is 1. The molecule has 0 amide bonds. The Bertz CT molecular complexity index is 1760. The molecule has 7 rings (SSSR count). The first-order valence-electron chi connectivity index (χ1n) is 13.2. The van der Waals surface area contributed by atoms with E-state index in [1.54, 1.807) is 42.6 Å². The smallest absolute Gasteiger partial charge is 0.180 e. The summed E-state index contributed by atoms with van der Waals surface area (Å²) in [5, 5.41) is 0.904. The summed E-state index contributed by atoms with van der Waals surface area (Å²) in [5.41, 5.74) is 2.05. The number of aromatic nitrogens is 1. The Morgan fingerprint density at radius 2 is 1.65 bits per heavy atom. The van der Waals surface area contributed by atoms with Crippen LogP contribution in [0.2, 0.25) is 0 Å². The van der Waals surface area contributed by atoms with E-state index in [0.717, 1.165) is 16.6 Å². The van der Waals surface area contributed by atoms with E-state index in [9.17, 15) is 14.4 Å². The lowest BCUT2D eigenvalue weighted by Gasteiger charge is -2.37. The standard InChI is InChI=1S/C33H26N2O5/c1-18(36)28-26(23-11-6-12-24(39-2)30(23)40-3)33(31(37)21-9-4-5-10-22(21)32(33)38)25-16-15-20-14-13-19-8-7-17-34-27(19)29(20)35(25)28/h4-17,25-26,28H,1-3H3/t25?,26-,28-/m0/s1. The number of carbonyl (C=O) groups excluding carboxylic acids is 3. The van der Waals surface area contributed by atoms with Gasteiger partial charge in [-0.1, -0.05) is 66.7 Å². The highest BCUT2D eigenvalue weighted by molar-refractivity contribution is 6.32. The zero-order valence-corrected chi connectivity index (χ0v) is 22.3. The van der Waals surface area contributed by atoms with Gasteiger partial charge in [0.2, 0.25) is 0 Å². The van der Waals surface area contributed by atoms with Crippen LogP contribution in [0.4, 0.5) is 5.69 Å². The lowest BCUT2D eigenvalue weighted by molar-refractivity contribution is -0.118. The molecule has 7 heteroatoms. The van der Waals surface area contributed by atoms with Crippen LogP contribution in [0.1, 0.15) is 44.7 Å². The summed E-state index contributed by atoms with van der Waals surface area (Å²) in [6, 6.07) is 18.6. The first-order valence-corrected chi connectivity index (χ1v) is 13.2. The van der Waals surface area contributed by atoms with Crippen molar-refractivity contribution in [2.24, 2.45) is 5.41 Å². The molecule has 1 aromatic heterocycles. The lowest BCUT2D eigenvalue weighted by Crippen LogP contribution is -2.48. The van der Waals surface area contributed by atoms with Crippen molar-refractivity contribution in [1.29, 1.82) is 0 Å². The van der Waals surface area contributed by atoms with Crippen molar-refractivity contribution in [3.63, 3.8) is 0 Å². The maximum atomic E-state index is 14.7. The van der Waals surface area contributed by atoms with Crippen molar-refractivity contribution in [3.8, 4) is 11.5 Å². The average molecular weight is 531 g/mol. The molecule has 0 bridgehead atoms. The van der Waals surface area contributed by atoms with Gasteiger partial charge in [-0.15, -0.1) is 0 Å². The fourth-order valence-corrected chi connectivity index (χ4v) is 7.24. The van der Waals surface area contributed by atoms with Gasteiger partial charge < -0.3 is 14.4 Å². The second-order valence-corrected chi connectivity index (χ2v) is 10.5. The molecule has 1 aliphatic carbocycles. The lowest BCUT2D eigenvalue weighted by atomic mass is 9.64. The van der Waals surface area contributed by atoms with Gasteiger partial charge >= 0.3 is 0 Å². The number of nitrogens with zero attached hydrogens (tertiary/aromatic N) is 2. The van der Waals surface area contributed by atoms with Crippen LogP contribution in [-0.4, -0.2) is 48.6 Å². The predicted octanol–water partition coefficient (Wildman–Crippen LogP) is 5.27. The van der Waals surface area contributed by atoms with Crippen molar-refractivity contribution in [2.75, 3.05) is 19.1 Å². The molecule has 0 radical (unpaired) electrons. The van der Waals surface area contributed by atoms with E-state index in [4.69, 9.17) is 14.5 Å². The minimum Gasteiger partial charge on any atom is -0.493 e. The van der Waals surface area contributed by atoms with Crippen LogP contribution in [0.25, 0.3) is 17.0 Å². The summed E-state index contributed by atoms with van der Waals surface area (Å²) in [7, 11) is 3.06. The minimum absolute atomic E-state index is 0.164. The number of para-hydroxylation sites is 1. The number of ketones is 3. The fourth-order valence-electron chi connectivity index (χ4n) is 7.24. The molecule has 40 heavy (non-hydrogen) atoms. The molecule has 4 aromatic rings. The number of rotatable bonds is 4. The van der Waals surface area contributed by atoms with Crippen LogP contribution in [-0.2, 0) is 4.79 Å². The summed E-state index contributed by atoms with van der Waals surface area (Å²) in [6.45, 7) is 1.52. The van der Waals surface area contributed by atoms with Crippen molar-refractivity contribution in [3.05, 3.63) is 101 Å². The van der Waals surface area contributed by atoms with Crippen LogP contribution in [0, 0.1) is 5.41 Å². The van der Waals surface area contributed by atoms with Crippen LogP contribution in [0.5, 0.6) is 11.5 Å². The van der Waals surface area contributed by atoms with Gasteiger partial charge in [0.1, 0.15) is 5.41 Å². The van der Waals surface area contributed by atoms with E-state index in [1.165, 1.54) is 21.1 Å². The summed E-state index contributed by atoms with van der Waals surface area (Å²) in [5.74, 6) is -0.742. The molecule has 2 aliphatic heterocycles. The maximum absolute atomic E-state index is 14.7. The van der Waals surface area contributed by atoms with Gasteiger partial charge in [0.05, 0.1) is 37.5 Å². The molecule has 3 atom stereocenters. The molecule has 3 heterocycles. The fraction of sp³-hybridized carbons (Fsp3) is 0.212. The van der Waals surface area contributed by atoms with Gasteiger partial charge in [-0.05, 0) is 24.6 Å². The van der Waals surface area contributed by atoms with Gasteiger partial charge in [-0.25, -0.2) is 0 Å². The molecule has 1 fully saturated rings. The van der Waals surface area contributed by atoms with Crippen LogP contribution >= 0.6 is 0 Å². The number of hydrogen-bond acceptors (Lipinski definition) is 7. The third kappa shape index (κ3) is 2.89. The molecule has 0 saturated carbocycles. The minimum atomic E-state index is -1.61. The topological polar surface area (TPSA) is 85.8 Å². The SMILES string of the molecule is COc1cccc([C@H]2[C@H](C(C)=O)N3c4c(ccc5cccnc45)C=CC3C23C(=O)c2ccccc2C3=O)c1OC. The molecule has 3 aliphatic rings. The van der Waals surface area contributed by atoms with E-state index in [1.807, 2.05) is 47.4 Å². The number of fused-ring (bicyclic) bond motifs is 7. The number of benzene rings is 3. The van der Waals surface area contributed by atoms with E-state index < -0.39 is 23.4 Å². The monoisotopic (exact) mass is 530 g/mol. The zero-order chi connectivity index (χ0) is 27.8.